The summed E-state index contributed by atoms with van der Waals surface area (Å²) in [4.78, 5) is 8.15. The molecule has 0 amide bonds. The molecule has 1 atom stereocenters. The molecular weight excluding hydrogens is 334 g/mol. The fourth-order valence-corrected chi connectivity index (χ4v) is 4.11. The van der Waals surface area contributed by atoms with E-state index < -0.39 is 0 Å². The van der Waals surface area contributed by atoms with Gasteiger partial charge in [-0.05, 0) is 43.7 Å². The summed E-state index contributed by atoms with van der Waals surface area (Å²) in [5.74, 6) is 0. The first-order chi connectivity index (χ1) is 13.1. The summed E-state index contributed by atoms with van der Waals surface area (Å²) >= 11 is 0. The third-order valence-electron chi connectivity index (χ3n) is 5.62. The van der Waals surface area contributed by atoms with Crippen LogP contribution in [0.2, 0.25) is 0 Å². The summed E-state index contributed by atoms with van der Waals surface area (Å²) in [6, 6.07) is 18.4. The molecule has 3 aromatic carbocycles. The Labute approximate surface area is 158 Å². The van der Waals surface area contributed by atoms with Crippen molar-refractivity contribution in [1.29, 1.82) is 0 Å². The minimum absolute atomic E-state index is 0.154. The van der Waals surface area contributed by atoms with Gasteiger partial charge in [0, 0.05) is 29.6 Å². The monoisotopic (exact) mass is 353 g/mol. The van der Waals surface area contributed by atoms with E-state index >= 15 is 0 Å². The van der Waals surface area contributed by atoms with Crippen molar-refractivity contribution in [1.82, 2.24) is 0 Å². The second-order valence-corrected chi connectivity index (χ2v) is 7.13. The van der Waals surface area contributed by atoms with Crippen LogP contribution in [0.15, 0.2) is 59.0 Å². The molecule has 0 bridgehead atoms. The van der Waals surface area contributed by atoms with Crippen molar-refractivity contribution < 1.29 is 4.42 Å². The van der Waals surface area contributed by atoms with Crippen molar-refractivity contribution in [3.05, 3.63) is 71.6 Å². The minimum Gasteiger partial charge on any atom is -0.456 e. The predicted molar refractivity (Wildman–Crippen MR) is 111 cm³/mol. The number of benzene rings is 3. The van der Waals surface area contributed by atoms with Crippen molar-refractivity contribution in [3.8, 4) is 0 Å². The molecule has 5 rings (SSSR count). The van der Waals surface area contributed by atoms with Crippen LogP contribution in [0, 0.1) is 13.5 Å². The predicted octanol–water partition coefficient (Wildman–Crippen LogP) is 6.38. The van der Waals surface area contributed by atoms with Gasteiger partial charge >= 0.3 is 0 Å². The molecular formula is C23H19N3O. The lowest BCUT2D eigenvalue weighted by molar-refractivity contribution is 0.668. The van der Waals surface area contributed by atoms with Crippen molar-refractivity contribution >= 4 is 44.7 Å². The molecule has 0 aliphatic carbocycles. The third-order valence-corrected chi connectivity index (χ3v) is 5.62. The molecule has 4 heteroatoms. The summed E-state index contributed by atoms with van der Waals surface area (Å²) < 4.78 is 6.11. The van der Waals surface area contributed by atoms with E-state index in [9.17, 15) is 0 Å². The van der Waals surface area contributed by atoms with Gasteiger partial charge in [-0.1, -0.05) is 24.3 Å². The van der Waals surface area contributed by atoms with Gasteiger partial charge in [0.25, 0.3) is 0 Å². The summed E-state index contributed by atoms with van der Waals surface area (Å²) in [5.41, 5.74) is 6.96. The zero-order valence-electron chi connectivity index (χ0n) is 15.5. The van der Waals surface area contributed by atoms with Crippen LogP contribution < -0.4 is 9.80 Å². The SMILES string of the molecule is [C-]#[N+]c1ccc2c(c1)N(c1cc3oc4ccccc4c3cc1C)[C@@H](C)N2C. The van der Waals surface area contributed by atoms with Gasteiger partial charge in [0.15, 0.2) is 5.69 Å². The highest BCUT2D eigenvalue weighted by Crippen LogP contribution is 2.47. The highest BCUT2D eigenvalue weighted by Gasteiger charge is 2.32. The minimum atomic E-state index is 0.154. The van der Waals surface area contributed by atoms with Gasteiger partial charge in [-0.2, -0.15) is 0 Å². The Balaban J connectivity index is 1.75. The highest BCUT2D eigenvalue weighted by molar-refractivity contribution is 6.06. The summed E-state index contributed by atoms with van der Waals surface area (Å²) in [5, 5.41) is 2.28. The molecule has 0 N–H and O–H groups in total. The maximum absolute atomic E-state index is 7.37. The van der Waals surface area contributed by atoms with Crippen molar-refractivity contribution in [2.45, 2.75) is 20.0 Å². The largest absolute Gasteiger partial charge is 0.456 e. The van der Waals surface area contributed by atoms with Crippen LogP contribution in [0.3, 0.4) is 0 Å². The van der Waals surface area contributed by atoms with E-state index in [2.05, 4.69) is 53.7 Å². The first-order valence-corrected chi connectivity index (χ1v) is 9.04. The van der Waals surface area contributed by atoms with Gasteiger partial charge < -0.3 is 14.2 Å². The topological polar surface area (TPSA) is 24.0 Å². The van der Waals surface area contributed by atoms with Gasteiger partial charge in [0.2, 0.25) is 0 Å². The van der Waals surface area contributed by atoms with Crippen LogP contribution in [0.5, 0.6) is 0 Å². The van der Waals surface area contributed by atoms with E-state index in [0.29, 0.717) is 5.69 Å². The molecule has 0 spiro atoms. The number of fused-ring (bicyclic) bond motifs is 4. The molecule has 1 aliphatic rings. The molecule has 4 aromatic rings. The Hall–Kier alpha value is -3.45. The molecule has 0 saturated carbocycles. The standard InChI is InChI=1S/C23H19N3O/c1-14-11-18-17-7-5-6-8-22(17)27-23(18)13-20(14)26-15(2)25(4)19-10-9-16(24-3)12-21(19)26/h5-13,15H,1-2,4H3/t15-/m0/s1. The molecule has 2 heterocycles. The quantitative estimate of drug-likeness (QED) is 0.371. The molecule has 4 nitrogen and oxygen atoms in total. The first kappa shape index (κ1) is 15.8. The fourth-order valence-electron chi connectivity index (χ4n) is 4.11. The number of anilines is 3. The van der Waals surface area contributed by atoms with E-state index in [-0.39, 0.29) is 6.17 Å². The molecule has 0 saturated heterocycles. The van der Waals surface area contributed by atoms with Gasteiger partial charge in [0.1, 0.15) is 17.3 Å². The summed E-state index contributed by atoms with van der Waals surface area (Å²) in [6.07, 6.45) is 0.154. The Bertz CT molecular complexity index is 1250. The van der Waals surface area contributed by atoms with Crippen LogP contribution in [0.1, 0.15) is 12.5 Å². The van der Waals surface area contributed by atoms with Crippen LogP contribution in [0.25, 0.3) is 26.8 Å². The average Bonchev–Trinajstić information content (AvgIpc) is 3.16. The van der Waals surface area contributed by atoms with Crippen molar-refractivity contribution in [2.24, 2.45) is 0 Å². The summed E-state index contributed by atoms with van der Waals surface area (Å²) in [7, 11) is 2.09. The highest BCUT2D eigenvalue weighted by atomic mass is 16.3. The molecule has 0 radical (unpaired) electrons. The Morgan fingerprint density at radius 3 is 2.56 bits per heavy atom. The van der Waals surface area contributed by atoms with Gasteiger partial charge in [-0.25, -0.2) is 4.85 Å². The van der Waals surface area contributed by atoms with E-state index in [1.165, 1.54) is 5.56 Å². The van der Waals surface area contributed by atoms with Gasteiger partial charge in [-0.3, -0.25) is 0 Å². The van der Waals surface area contributed by atoms with E-state index in [1.54, 1.807) is 0 Å². The van der Waals surface area contributed by atoms with Gasteiger partial charge in [-0.15, -0.1) is 0 Å². The lowest BCUT2D eigenvalue weighted by Gasteiger charge is -2.29. The van der Waals surface area contributed by atoms with Gasteiger partial charge in [0.05, 0.1) is 17.9 Å². The van der Waals surface area contributed by atoms with Crippen molar-refractivity contribution in [3.63, 3.8) is 0 Å². The number of para-hydroxylation sites is 1. The van der Waals surface area contributed by atoms with Crippen LogP contribution in [-0.2, 0) is 0 Å². The Morgan fingerprint density at radius 1 is 0.926 bits per heavy atom. The smallest absolute Gasteiger partial charge is 0.189 e. The number of rotatable bonds is 1. The lowest BCUT2D eigenvalue weighted by atomic mass is 10.1. The molecule has 1 aliphatic heterocycles. The Kier molecular flexibility index (Phi) is 3.23. The second-order valence-electron chi connectivity index (χ2n) is 7.13. The zero-order valence-corrected chi connectivity index (χ0v) is 15.5. The number of hydrogen-bond acceptors (Lipinski definition) is 3. The molecule has 27 heavy (non-hydrogen) atoms. The number of nitrogens with zero attached hydrogens (tertiary/aromatic N) is 3. The Morgan fingerprint density at radius 2 is 1.74 bits per heavy atom. The van der Waals surface area contributed by atoms with E-state index in [0.717, 1.165) is 39.0 Å². The molecule has 132 valence electrons. The fraction of sp³-hybridized carbons (Fsp3) is 0.174. The number of hydrogen-bond donors (Lipinski definition) is 0. The zero-order chi connectivity index (χ0) is 18.7. The number of furan rings is 1. The second kappa shape index (κ2) is 5.52. The molecule has 0 fully saturated rings. The number of aryl methyl sites for hydroxylation is 1. The maximum Gasteiger partial charge on any atom is 0.189 e. The lowest BCUT2D eigenvalue weighted by Crippen LogP contribution is -2.35. The summed E-state index contributed by atoms with van der Waals surface area (Å²) in [6.45, 7) is 11.7. The van der Waals surface area contributed by atoms with E-state index in [4.69, 9.17) is 11.0 Å². The normalized spacial score (nSPS) is 16.1. The van der Waals surface area contributed by atoms with Crippen LogP contribution in [0.4, 0.5) is 22.7 Å². The van der Waals surface area contributed by atoms with Crippen molar-refractivity contribution in [2.75, 3.05) is 16.8 Å². The van der Waals surface area contributed by atoms with Crippen LogP contribution in [-0.4, -0.2) is 13.2 Å². The maximum atomic E-state index is 7.37. The molecule has 0 unspecified atom stereocenters. The first-order valence-electron chi connectivity index (χ1n) is 9.04. The molecule has 1 aromatic heterocycles. The third kappa shape index (κ3) is 2.15. The average molecular weight is 353 g/mol. The van der Waals surface area contributed by atoms with E-state index in [1.807, 2.05) is 36.4 Å². The van der Waals surface area contributed by atoms with Crippen LogP contribution >= 0.6 is 0 Å².